The average molecular weight is 307 g/mol. The Balaban J connectivity index is 4.11. The van der Waals surface area contributed by atoms with E-state index in [0.29, 0.717) is 12.0 Å². The molecule has 0 amide bonds. The van der Waals surface area contributed by atoms with E-state index in [1.807, 2.05) is 0 Å². The molecule has 128 valence electrons. The number of allylic oxidation sites excluding steroid dienone is 4. The molecule has 0 spiro atoms. The minimum atomic E-state index is 0.380. The molecule has 0 saturated carbocycles. The van der Waals surface area contributed by atoms with Crippen LogP contribution in [0.15, 0.2) is 36.5 Å². The lowest BCUT2D eigenvalue weighted by molar-refractivity contribution is 0.101. The van der Waals surface area contributed by atoms with Gasteiger partial charge in [0.2, 0.25) is 0 Å². The maximum atomic E-state index is 5.34. The zero-order chi connectivity index (χ0) is 17.1. The van der Waals surface area contributed by atoms with Crippen molar-refractivity contribution in [1.29, 1.82) is 0 Å². The second kappa shape index (κ2) is 11.7. The van der Waals surface area contributed by atoms with Crippen molar-refractivity contribution in [2.24, 2.45) is 17.8 Å². The van der Waals surface area contributed by atoms with Crippen molar-refractivity contribution in [2.45, 2.75) is 72.8 Å². The first-order chi connectivity index (χ1) is 10.3. The summed E-state index contributed by atoms with van der Waals surface area (Å²) in [4.78, 5) is 0. The highest BCUT2D eigenvalue weighted by molar-refractivity contribution is 5.25. The second-order valence-electron chi connectivity index (χ2n) is 6.98. The van der Waals surface area contributed by atoms with Crippen LogP contribution in [0.1, 0.15) is 66.7 Å². The Kier molecular flexibility index (Phi) is 11.3. The number of ether oxygens (including phenoxy) is 1. The van der Waals surface area contributed by atoms with Gasteiger partial charge in [0.1, 0.15) is 0 Å². The van der Waals surface area contributed by atoms with Gasteiger partial charge in [-0.1, -0.05) is 64.2 Å². The Morgan fingerprint density at radius 2 is 1.45 bits per heavy atom. The molecule has 0 N–H and O–H groups in total. The van der Waals surface area contributed by atoms with Crippen LogP contribution in [0, 0.1) is 17.8 Å². The third-order valence-electron chi connectivity index (χ3n) is 5.08. The summed E-state index contributed by atoms with van der Waals surface area (Å²) >= 11 is 0. The third kappa shape index (κ3) is 9.25. The maximum absolute atomic E-state index is 5.34. The molecule has 1 heteroatoms. The van der Waals surface area contributed by atoms with Crippen LogP contribution >= 0.6 is 0 Å². The molecule has 1 nitrogen and oxygen atoms in total. The summed E-state index contributed by atoms with van der Waals surface area (Å²) in [5.74, 6) is 2.07. The van der Waals surface area contributed by atoms with Crippen molar-refractivity contribution < 1.29 is 4.74 Å². The van der Waals surface area contributed by atoms with Gasteiger partial charge < -0.3 is 4.74 Å². The molecule has 22 heavy (non-hydrogen) atoms. The maximum Gasteiger partial charge on any atom is 0.0543 e. The molecule has 4 atom stereocenters. The Hall–Kier alpha value is -0.820. The third-order valence-corrected chi connectivity index (χ3v) is 5.08. The van der Waals surface area contributed by atoms with Gasteiger partial charge >= 0.3 is 0 Å². The zero-order valence-corrected chi connectivity index (χ0v) is 15.8. The van der Waals surface area contributed by atoms with E-state index in [4.69, 9.17) is 4.74 Å². The van der Waals surface area contributed by atoms with Crippen molar-refractivity contribution in [1.82, 2.24) is 0 Å². The highest BCUT2D eigenvalue weighted by Crippen LogP contribution is 2.26. The standard InChI is InChI=1S/C21H38O/c1-9-16(2)10-11-17(3)18(4)12-13-19(5)20(6)14-15-21(7)22-8/h10-11,18-21H,2-3,9,12-15H2,1,4-8H3/b11-10-. The van der Waals surface area contributed by atoms with Gasteiger partial charge in [0.25, 0.3) is 0 Å². The lowest BCUT2D eigenvalue weighted by Crippen LogP contribution is -2.13. The first kappa shape index (κ1) is 21.2. The Bertz CT molecular complexity index is 353. The molecule has 0 aromatic heterocycles. The van der Waals surface area contributed by atoms with Crippen LogP contribution in [0.3, 0.4) is 0 Å². The Morgan fingerprint density at radius 3 is 1.95 bits per heavy atom. The van der Waals surface area contributed by atoms with Gasteiger partial charge in [-0.2, -0.15) is 0 Å². The summed E-state index contributed by atoms with van der Waals surface area (Å²) in [6.45, 7) is 19.5. The molecule has 0 aromatic carbocycles. The lowest BCUT2D eigenvalue weighted by atomic mass is 9.84. The summed E-state index contributed by atoms with van der Waals surface area (Å²) in [5.41, 5.74) is 2.39. The first-order valence-corrected chi connectivity index (χ1v) is 8.89. The quantitative estimate of drug-likeness (QED) is 0.370. The van der Waals surface area contributed by atoms with Gasteiger partial charge in [-0.15, -0.1) is 0 Å². The molecule has 0 rings (SSSR count). The van der Waals surface area contributed by atoms with Crippen LogP contribution in [0.2, 0.25) is 0 Å². The van der Waals surface area contributed by atoms with Gasteiger partial charge in [0.05, 0.1) is 6.10 Å². The average Bonchev–Trinajstić information content (AvgIpc) is 2.53. The predicted molar refractivity (Wildman–Crippen MR) is 100 cm³/mol. The van der Waals surface area contributed by atoms with Gasteiger partial charge in [-0.3, -0.25) is 0 Å². The van der Waals surface area contributed by atoms with E-state index in [1.54, 1.807) is 7.11 Å². The van der Waals surface area contributed by atoms with Gasteiger partial charge in [0, 0.05) is 7.11 Å². The van der Waals surface area contributed by atoms with Crippen molar-refractivity contribution in [2.75, 3.05) is 7.11 Å². The van der Waals surface area contributed by atoms with E-state index in [2.05, 4.69) is 59.9 Å². The van der Waals surface area contributed by atoms with E-state index < -0.39 is 0 Å². The number of rotatable bonds is 12. The number of hydrogen-bond acceptors (Lipinski definition) is 1. The van der Waals surface area contributed by atoms with Gasteiger partial charge in [0.15, 0.2) is 0 Å². The summed E-state index contributed by atoms with van der Waals surface area (Å²) in [5, 5.41) is 0. The SMILES string of the molecule is C=C(/C=C\C(=C)C(C)CCC(C)C(C)CCC(C)OC)CC. The Morgan fingerprint density at radius 1 is 0.909 bits per heavy atom. The van der Waals surface area contributed by atoms with Crippen molar-refractivity contribution in [3.05, 3.63) is 36.5 Å². The molecule has 0 aliphatic carbocycles. The largest absolute Gasteiger partial charge is 0.382 e. The lowest BCUT2D eigenvalue weighted by Gasteiger charge is -2.23. The summed E-state index contributed by atoms with van der Waals surface area (Å²) in [7, 11) is 1.80. The number of methoxy groups -OCH3 is 1. The molecule has 0 radical (unpaired) electrons. The van der Waals surface area contributed by atoms with Crippen LogP contribution in [-0.2, 0) is 4.74 Å². The molecule has 0 heterocycles. The van der Waals surface area contributed by atoms with E-state index in [1.165, 1.54) is 30.4 Å². The summed E-state index contributed by atoms with van der Waals surface area (Å²) in [6, 6.07) is 0. The fourth-order valence-electron chi connectivity index (χ4n) is 2.39. The minimum Gasteiger partial charge on any atom is -0.382 e. The van der Waals surface area contributed by atoms with Crippen LogP contribution in [-0.4, -0.2) is 13.2 Å². The highest BCUT2D eigenvalue weighted by atomic mass is 16.5. The van der Waals surface area contributed by atoms with Crippen LogP contribution < -0.4 is 0 Å². The van der Waals surface area contributed by atoms with Crippen LogP contribution in [0.5, 0.6) is 0 Å². The molecule has 0 aromatic rings. The topological polar surface area (TPSA) is 9.23 Å². The first-order valence-electron chi connectivity index (χ1n) is 8.89. The van der Waals surface area contributed by atoms with E-state index in [-0.39, 0.29) is 0 Å². The van der Waals surface area contributed by atoms with E-state index >= 15 is 0 Å². The van der Waals surface area contributed by atoms with Crippen LogP contribution in [0.4, 0.5) is 0 Å². The van der Waals surface area contributed by atoms with Crippen molar-refractivity contribution >= 4 is 0 Å². The van der Waals surface area contributed by atoms with Crippen molar-refractivity contribution in [3.63, 3.8) is 0 Å². The molecule has 4 unspecified atom stereocenters. The smallest absolute Gasteiger partial charge is 0.0543 e. The fraction of sp³-hybridized carbons (Fsp3) is 0.714. The Labute approximate surface area is 139 Å². The molecule has 0 fully saturated rings. The summed E-state index contributed by atoms with van der Waals surface area (Å²) in [6.07, 6.45) is 10.5. The molecule has 0 saturated heterocycles. The molecule has 0 bridgehead atoms. The minimum absolute atomic E-state index is 0.380. The molecular formula is C21H38O. The highest BCUT2D eigenvalue weighted by Gasteiger charge is 2.15. The van der Waals surface area contributed by atoms with Gasteiger partial charge in [-0.25, -0.2) is 0 Å². The number of hydrogen-bond donors (Lipinski definition) is 0. The van der Waals surface area contributed by atoms with Crippen LogP contribution in [0.25, 0.3) is 0 Å². The van der Waals surface area contributed by atoms with E-state index in [9.17, 15) is 0 Å². The molecular weight excluding hydrogens is 268 g/mol. The van der Waals surface area contributed by atoms with Crippen molar-refractivity contribution in [3.8, 4) is 0 Å². The van der Waals surface area contributed by atoms with E-state index in [0.717, 1.165) is 24.7 Å². The predicted octanol–water partition coefficient (Wildman–Crippen LogP) is 6.57. The normalized spacial score (nSPS) is 17.2. The molecule has 0 aliphatic heterocycles. The second-order valence-corrected chi connectivity index (χ2v) is 6.98. The molecule has 0 aliphatic rings. The zero-order valence-electron chi connectivity index (χ0n) is 15.8. The fourth-order valence-corrected chi connectivity index (χ4v) is 2.39. The van der Waals surface area contributed by atoms with Gasteiger partial charge in [-0.05, 0) is 56.8 Å². The summed E-state index contributed by atoms with van der Waals surface area (Å²) < 4.78 is 5.34. The monoisotopic (exact) mass is 306 g/mol.